The van der Waals surface area contributed by atoms with E-state index in [2.05, 4.69) is 20.2 Å². The average molecular weight is 925 g/mol. The number of carbonyl (C=O) groups is 2. The van der Waals surface area contributed by atoms with Gasteiger partial charge in [-0.15, -0.1) is 0 Å². The molecular weight excluding hydrogens is 894 g/mol. The van der Waals surface area contributed by atoms with Gasteiger partial charge >= 0.3 is 5.97 Å². The molecule has 4 aromatic carbocycles. The zero-order valence-corrected chi connectivity index (χ0v) is 34.7. The second-order valence-electron chi connectivity index (χ2n) is 15.6. The standard InChI is InChI=1S/C42H31ClF6N8O6S/c1-55-35-30(9-8-27(43)33(35)38(53-55)54-64(2,62)63)57-39(51-28-14-20(6-7-24(28)40(57)59)19-4-3-5-21(13-19)41(60)61)29(12-18-10-22(44)15-23(45)11-18)50-31(58)17-56-36-32(34(52-56)37(46)47)25-16-26(25)42(36,48)49/h3-11,13-15,25-26,29,37H,12,16-17H2,1-2H3,(H,50,58)(H,53,54)(H,60,61)/t25-,26?,29-/m0/s1. The molecule has 14 nitrogen and oxygen atoms in total. The van der Waals surface area contributed by atoms with Crippen molar-refractivity contribution in [1.82, 2.24) is 34.4 Å². The smallest absolute Gasteiger partial charge is 0.335 e. The van der Waals surface area contributed by atoms with E-state index in [9.17, 15) is 40.7 Å². The molecule has 3 atom stereocenters. The number of sulfonamides is 1. The number of benzene rings is 4. The lowest BCUT2D eigenvalue weighted by atomic mass is 10.0. The molecule has 1 amide bonds. The van der Waals surface area contributed by atoms with E-state index in [0.29, 0.717) is 21.9 Å². The number of fused-ring (bicyclic) bond motifs is 5. The van der Waals surface area contributed by atoms with Crippen LogP contribution >= 0.6 is 11.6 Å². The highest BCUT2D eigenvalue weighted by atomic mass is 35.5. The third-order valence-electron chi connectivity index (χ3n) is 11.2. The van der Waals surface area contributed by atoms with Crippen molar-refractivity contribution in [1.29, 1.82) is 0 Å². The minimum atomic E-state index is -3.94. The SMILES string of the molecule is Cn1nc(NS(C)(=O)=O)c2c(Cl)ccc(-n3c([C@H](Cc4cc(F)cc(F)c4)NC(=O)Cn4nc(C(F)F)c5c4C(F)(F)C4C[C@H]54)nc4cc(-c5cccc(C(=O)O)c5)ccc4c3=O)c21. The highest BCUT2D eigenvalue weighted by Gasteiger charge is 2.67. The van der Waals surface area contributed by atoms with Crippen LogP contribution in [0.15, 0.2) is 77.6 Å². The fourth-order valence-corrected chi connectivity index (χ4v) is 9.33. The molecule has 64 heavy (non-hydrogen) atoms. The lowest BCUT2D eigenvalue weighted by Gasteiger charge is -2.24. The van der Waals surface area contributed by atoms with Crippen LogP contribution in [0.25, 0.3) is 38.6 Å². The number of amides is 1. The van der Waals surface area contributed by atoms with Gasteiger partial charge in [-0.3, -0.25) is 28.2 Å². The van der Waals surface area contributed by atoms with Gasteiger partial charge in [0.15, 0.2) is 5.82 Å². The maximum atomic E-state index is 15.5. The van der Waals surface area contributed by atoms with Crippen LogP contribution in [0.3, 0.4) is 0 Å². The monoisotopic (exact) mass is 924 g/mol. The second kappa shape index (κ2) is 15.2. The fraction of sp³-hybridized carbons (Fsp3) is 0.238. The first-order valence-corrected chi connectivity index (χ1v) is 21.5. The molecular formula is C42H31ClF6N8O6S. The van der Waals surface area contributed by atoms with E-state index in [1.807, 2.05) is 0 Å². The molecule has 0 saturated heterocycles. The lowest BCUT2D eigenvalue weighted by molar-refractivity contribution is -0.123. The molecule has 7 aromatic rings. The Morgan fingerprint density at radius 1 is 1.00 bits per heavy atom. The van der Waals surface area contributed by atoms with Crippen LogP contribution in [0.4, 0.5) is 32.2 Å². The van der Waals surface area contributed by atoms with E-state index in [1.165, 1.54) is 60.3 Å². The van der Waals surface area contributed by atoms with E-state index in [4.69, 9.17) is 16.6 Å². The predicted molar refractivity (Wildman–Crippen MR) is 220 cm³/mol. The zero-order chi connectivity index (χ0) is 45.7. The Bertz CT molecular complexity index is 3300. The summed E-state index contributed by atoms with van der Waals surface area (Å²) >= 11 is 6.62. The van der Waals surface area contributed by atoms with Crippen molar-refractivity contribution in [2.75, 3.05) is 11.0 Å². The normalized spacial score (nSPS) is 16.8. The van der Waals surface area contributed by atoms with Crippen LogP contribution in [0.1, 0.15) is 63.5 Å². The van der Waals surface area contributed by atoms with Gasteiger partial charge in [0.2, 0.25) is 15.9 Å². The molecule has 0 bridgehead atoms. The molecule has 0 radical (unpaired) electrons. The number of carboxylic acids is 1. The van der Waals surface area contributed by atoms with E-state index >= 15 is 13.6 Å². The second-order valence-corrected chi connectivity index (χ2v) is 17.8. The zero-order valence-electron chi connectivity index (χ0n) is 33.1. The summed E-state index contributed by atoms with van der Waals surface area (Å²) in [6.07, 6.45) is -2.89. The number of nitrogens with one attached hydrogen (secondary N) is 2. The predicted octanol–water partition coefficient (Wildman–Crippen LogP) is 7.38. The average Bonchev–Trinajstić information content (AvgIpc) is 3.75. The molecule has 22 heteroatoms. The summed E-state index contributed by atoms with van der Waals surface area (Å²) in [6.45, 7) is -1.02. The van der Waals surface area contributed by atoms with Crippen LogP contribution < -0.4 is 15.6 Å². The Morgan fingerprint density at radius 3 is 2.41 bits per heavy atom. The minimum Gasteiger partial charge on any atom is -0.478 e. The maximum absolute atomic E-state index is 15.5. The largest absolute Gasteiger partial charge is 0.478 e. The topological polar surface area (TPSA) is 183 Å². The molecule has 3 N–H and O–H groups in total. The van der Waals surface area contributed by atoms with E-state index in [1.54, 1.807) is 6.07 Å². The number of aromatic nitrogens is 6. The summed E-state index contributed by atoms with van der Waals surface area (Å²) in [6, 6.07) is 14.0. The van der Waals surface area contributed by atoms with Crippen molar-refractivity contribution >= 4 is 61.1 Å². The quantitative estimate of drug-likeness (QED) is 0.105. The number of nitrogens with zero attached hydrogens (tertiary/aromatic N) is 6. The van der Waals surface area contributed by atoms with Crippen molar-refractivity contribution < 1.29 is 49.5 Å². The summed E-state index contributed by atoms with van der Waals surface area (Å²) in [5.41, 5.74) is -2.08. The molecule has 9 rings (SSSR count). The number of carbonyl (C=O) groups excluding carboxylic acids is 1. The molecule has 1 saturated carbocycles. The van der Waals surface area contributed by atoms with Crippen LogP contribution in [0.5, 0.6) is 0 Å². The molecule has 0 spiro atoms. The van der Waals surface area contributed by atoms with Crippen LogP contribution in [0, 0.1) is 17.6 Å². The minimum absolute atomic E-state index is 0.000899. The summed E-state index contributed by atoms with van der Waals surface area (Å²) in [7, 11) is -2.51. The fourth-order valence-electron chi connectivity index (χ4n) is 8.59. The van der Waals surface area contributed by atoms with Gasteiger partial charge < -0.3 is 10.4 Å². The van der Waals surface area contributed by atoms with E-state index in [0.717, 1.165) is 23.0 Å². The summed E-state index contributed by atoms with van der Waals surface area (Å²) in [4.78, 5) is 45.8. The van der Waals surface area contributed by atoms with Gasteiger partial charge in [-0.2, -0.15) is 19.0 Å². The van der Waals surface area contributed by atoms with Gasteiger partial charge in [-0.05, 0) is 77.6 Å². The molecule has 2 aliphatic carbocycles. The molecule has 330 valence electrons. The van der Waals surface area contributed by atoms with Crippen molar-refractivity contribution in [2.45, 2.75) is 43.7 Å². The molecule has 3 aromatic heterocycles. The van der Waals surface area contributed by atoms with Gasteiger partial charge in [-0.25, -0.2) is 35.8 Å². The molecule has 1 fully saturated rings. The third-order valence-corrected chi connectivity index (χ3v) is 12.1. The van der Waals surface area contributed by atoms with Crippen molar-refractivity contribution in [3.8, 4) is 16.8 Å². The van der Waals surface area contributed by atoms with Crippen LogP contribution in [-0.2, 0) is 40.8 Å². The molecule has 2 aliphatic rings. The summed E-state index contributed by atoms with van der Waals surface area (Å²) in [5.74, 6) is -10.5. The maximum Gasteiger partial charge on any atom is 0.335 e. The Morgan fingerprint density at radius 2 is 1.72 bits per heavy atom. The van der Waals surface area contributed by atoms with Crippen molar-refractivity contribution in [3.63, 3.8) is 0 Å². The number of halogens is 7. The number of rotatable bonds is 12. The molecule has 0 aliphatic heterocycles. The lowest BCUT2D eigenvalue weighted by Crippen LogP contribution is -2.38. The summed E-state index contributed by atoms with van der Waals surface area (Å²) < 4.78 is 119. The summed E-state index contributed by atoms with van der Waals surface area (Å²) in [5, 5.41) is 20.3. The first kappa shape index (κ1) is 42.6. The van der Waals surface area contributed by atoms with Gasteiger partial charge in [0.05, 0.1) is 50.4 Å². The number of hydrogen-bond acceptors (Lipinski definition) is 8. The third kappa shape index (κ3) is 7.40. The Kier molecular flexibility index (Phi) is 10.1. The van der Waals surface area contributed by atoms with Crippen LogP contribution in [-0.4, -0.2) is 60.8 Å². The number of anilines is 1. The van der Waals surface area contributed by atoms with Crippen molar-refractivity contribution in [3.05, 3.63) is 134 Å². The van der Waals surface area contributed by atoms with Gasteiger partial charge in [0, 0.05) is 31.0 Å². The van der Waals surface area contributed by atoms with Gasteiger partial charge in [0.1, 0.15) is 35.4 Å². The Balaban J connectivity index is 1.26. The number of carboxylic acid groups (broad SMARTS) is 1. The van der Waals surface area contributed by atoms with E-state index in [-0.39, 0.29) is 67.3 Å². The number of hydrogen-bond donors (Lipinski definition) is 3. The van der Waals surface area contributed by atoms with Crippen molar-refractivity contribution in [2.24, 2.45) is 13.0 Å². The van der Waals surface area contributed by atoms with E-state index < -0.39 is 93.7 Å². The highest BCUT2D eigenvalue weighted by Crippen LogP contribution is 2.68. The first-order valence-electron chi connectivity index (χ1n) is 19.2. The molecule has 3 heterocycles. The number of aromatic carboxylic acids is 1. The molecule has 1 unspecified atom stereocenters. The number of alkyl halides is 4. The first-order chi connectivity index (χ1) is 30.2. The van der Waals surface area contributed by atoms with Gasteiger partial charge in [-0.1, -0.05) is 29.8 Å². The van der Waals surface area contributed by atoms with Crippen LogP contribution in [0.2, 0.25) is 5.02 Å². The Hall–Kier alpha value is -6.74. The highest BCUT2D eigenvalue weighted by molar-refractivity contribution is 7.92. The Labute approximate surface area is 362 Å². The van der Waals surface area contributed by atoms with Gasteiger partial charge in [0.25, 0.3) is 17.9 Å². The number of aryl methyl sites for hydroxylation is 1.